The second-order valence-corrected chi connectivity index (χ2v) is 5.21. The van der Waals surface area contributed by atoms with Gasteiger partial charge in [0, 0.05) is 18.5 Å². The first-order chi connectivity index (χ1) is 9.71. The van der Waals surface area contributed by atoms with E-state index in [1.54, 1.807) is 16.7 Å². The summed E-state index contributed by atoms with van der Waals surface area (Å²) in [4.78, 5) is 14.8. The van der Waals surface area contributed by atoms with Gasteiger partial charge in [0.05, 0.1) is 4.90 Å². The van der Waals surface area contributed by atoms with E-state index in [9.17, 15) is 4.79 Å². The summed E-state index contributed by atoms with van der Waals surface area (Å²) in [5, 5.41) is 2.05. The number of amides is 1. The van der Waals surface area contributed by atoms with E-state index in [4.69, 9.17) is 4.74 Å². The number of ether oxygens (including phenoxy) is 1. The number of thioether (sulfide) groups is 1. The zero-order valence-electron chi connectivity index (χ0n) is 12.1. The van der Waals surface area contributed by atoms with Crippen LogP contribution in [0.1, 0.15) is 13.8 Å². The Morgan fingerprint density at radius 1 is 1.15 bits per heavy atom. The highest BCUT2D eigenvalue weighted by molar-refractivity contribution is 7.98. The van der Waals surface area contributed by atoms with Crippen LogP contribution in [-0.4, -0.2) is 30.3 Å². The molecule has 2 rings (SSSR count). The standard InChI is InChI=1S/C16H19NO2S/c1-4-17(5-2)16(18)19-15-13-9-7-6-8-12(13)10-11-14(15)20-3/h6-11H,4-5H2,1-3H3. The molecule has 0 unspecified atom stereocenters. The molecule has 0 aliphatic carbocycles. The number of hydrogen-bond acceptors (Lipinski definition) is 3. The van der Waals surface area contributed by atoms with Gasteiger partial charge in [-0.3, -0.25) is 0 Å². The van der Waals surface area contributed by atoms with Crippen molar-refractivity contribution < 1.29 is 9.53 Å². The summed E-state index contributed by atoms with van der Waals surface area (Å²) in [6.07, 6.45) is 1.69. The first-order valence-corrected chi connectivity index (χ1v) is 7.96. The number of rotatable bonds is 4. The molecule has 2 aromatic carbocycles. The fourth-order valence-electron chi connectivity index (χ4n) is 2.12. The van der Waals surface area contributed by atoms with Gasteiger partial charge in [-0.05, 0) is 31.6 Å². The average Bonchev–Trinajstić information content (AvgIpc) is 2.49. The predicted molar refractivity (Wildman–Crippen MR) is 84.7 cm³/mol. The molecule has 0 aliphatic heterocycles. The zero-order chi connectivity index (χ0) is 14.5. The molecule has 0 saturated heterocycles. The van der Waals surface area contributed by atoms with Crippen molar-refractivity contribution in [3.05, 3.63) is 36.4 Å². The van der Waals surface area contributed by atoms with E-state index in [0.717, 1.165) is 15.7 Å². The van der Waals surface area contributed by atoms with Crippen molar-refractivity contribution in [1.29, 1.82) is 0 Å². The molecule has 20 heavy (non-hydrogen) atoms. The highest BCUT2D eigenvalue weighted by Gasteiger charge is 2.16. The monoisotopic (exact) mass is 289 g/mol. The van der Waals surface area contributed by atoms with E-state index in [-0.39, 0.29) is 6.09 Å². The summed E-state index contributed by atoms with van der Waals surface area (Å²) in [7, 11) is 0. The highest BCUT2D eigenvalue weighted by Crippen LogP contribution is 2.35. The largest absolute Gasteiger partial charge is 0.415 e. The molecule has 2 aromatic rings. The van der Waals surface area contributed by atoms with Crippen molar-refractivity contribution in [3.63, 3.8) is 0 Å². The Bertz CT molecular complexity index is 608. The van der Waals surface area contributed by atoms with Crippen LogP contribution in [0, 0.1) is 0 Å². The van der Waals surface area contributed by atoms with Crippen molar-refractivity contribution in [2.24, 2.45) is 0 Å². The van der Waals surface area contributed by atoms with Crippen molar-refractivity contribution in [3.8, 4) is 5.75 Å². The minimum Gasteiger partial charge on any atom is -0.408 e. The lowest BCUT2D eigenvalue weighted by Gasteiger charge is -2.19. The van der Waals surface area contributed by atoms with Crippen LogP contribution in [-0.2, 0) is 0 Å². The van der Waals surface area contributed by atoms with Crippen molar-refractivity contribution in [1.82, 2.24) is 4.90 Å². The molecule has 0 fully saturated rings. The minimum atomic E-state index is -0.290. The van der Waals surface area contributed by atoms with Crippen LogP contribution in [0.5, 0.6) is 5.75 Å². The number of fused-ring (bicyclic) bond motifs is 1. The minimum absolute atomic E-state index is 0.290. The Balaban J connectivity index is 2.43. The third kappa shape index (κ3) is 2.90. The van der Waals surface area contributed by atoms with E-state index in [0.29, 0.717) is 18.8 Å². The first-order valence-electron chi connectivity index (χ1n) is 6.73. The molecule has 0 saturated carbocycles. The Hall–Kier alpha value is -1.68. The molecule has 3 nitrogen and oxygen atoms in total. The van der Waals surface area contributed by atoms with Gasteiger partial charge in [0.2, 0.25) is 0 Å². The van der Waals surface area contributed by atoms with Crippen molar-refractivity contribution in [2.45, 2.75) is 18.7 Å². The van der Waals surface area contributed by atoms with Gasteiger partial charge in [0.25, 0.3) is 0 Å². The third-order valence-corrected chi connectivity index (χ3v) is 4.04. The smallest absolute Gasteiger partial charge is 0.408 e. The van der Waals surface area contributed by atoms with Crippen LogP contribution >= 0.6 is 11.8 Å². The maximum Gasteiger partial charge on any atom is 0.415 e. The van der Waals surface area contributed by atoms with Crippen LogP contribution < -0.4 is 4.74 Å². The summed E-state index contributed by atoms with van der Waals surface area (Å²) in [5.74, 6) is 0.660. The Morgan fingerprint density at radius 2 is 1.85 bits per heavy atom. The Morgan fingerprint density at radius 3 is 2.50 bits per heavy atom. The van der Waals surface area contributed by atoms with E-state index in [1.165, 1.54) is 0 Å². The average molecular weight is 289 g/mol. The van der Waals surface area contributed by atoms with Gasteiger partial charge in [0.15, 0.2) is 5.75 Å². The molecule has 0 aliphatic rings. The van der Waals surface area contributed by atoms with E-state index >= 15 is 0 Å². The van der Waals surface area contributed by atoms with Crippen LogP contribution in [0.25, 0.3) is 10.8 Å². The van der Waals surface area contributed by atoms with Gasteiger partial charge < -0.3 is 9.64 Å². The topological polar surface area (TPSA) is 29.5 Å². The van der Waals surface area contributed by atoms with Gasteiger partial charge in [-0.15, -0.1) is 11.8 Å². The number of benzene rings is 2. The molecule has 0 heterocycles. The van der Waals surface area contributed by atoms with Gasteiger partial charge in [0.1, 0.15) is 0 Å². The van der Waals surface area contributed by atoms with Crippen molar-refractivity contribution in [2.75, 3.05) is 19.3 Å². The normalized spacial score (nSPS) is 10.6. The quantitative estimate of drug-likeness (QED) is 0.781. The molecular weight excluding hydrogens is 270 g/mol. The summed E-state index contributed by atoms with van der Waals surface area (Å²) in [6, 6.07) is 12.0. The summed E-state index contributed by atoms with van der Waals surface area (Å²) in [5.41, 5.74) is 0. The molecule has 0 spiro atoms. The van der Waals surface area contributed by atoms with Gasteiger partial charge >= 0.3 is 6.09 Å². The lowest BCUT2D eigenvalue weighted by atomic mass is 10.1. The van der Waals surface area contributed by atoms with E-state index in [1.807, 2.05) is 50.4 Å². The third-order valence-electron chi connectivity index (χ3n) is 3.27. The molecule has 0 atom stereocenters. The van der Waals surface area contributed by atoms with Gasteiger partial charge in [-0.1, -0.05) is 30.3 Å². The van der Waals surface area contributed by atoms with Gasteiger partial charge in [-0.2, -0.15) is 0 Å². The van der Waals surface area contributed by atoms with Crippen LogP contribution in [0.3, 0.4) is 0 Å². The second kappa shape index (κ2) is 6.66. The Labute approximate surface area is 123 Å². The number of hydrogen-bond donors (Lipinski definition) is 0. The lowest BCUT2D eigenvalue weighted by molar-refractivity contribution is 0.157. The molecule has 1 amide bonds. The molecule has 0 N–H and O–H groups in total. The van der Waals surface area contributed by atoms with Crippen molar-refractivity contribution >= 4 is 28.6 Å². The first kappa shape index (κ1) is 14.7. The SMILES string of the molecule is CCN(CC)C(=O)Oc1c(SC)ccc2ccccc12. The van der Waals surface area contributed by atoms with Gasteiger partial charge in [-0.25, -0.2) is 4.79 Å². The van der Waals surface area contributed by atoms with Crippen LogP contribution in [0.2, 0.25) is 0 Å². The van der Waals surface area contributed by atoms with Crippen LogP contribution in [0.15, 0.2) is 41.3 Å². The summed E-state index contributed by atoms with van der Waals surface area (Å²) in [6.45, 7) is 5.19. The molecule has 106 valence electrons. The maximum atomic E-state index is 12.2. The number of carbonyl (C=O) groups excluding carboxylic acids is 1. The Kier molecular flexibility index (Phi) is 4.90. The number of carbonyl (C=O) groups is 1. The maximum absolute atomic E-state index is 12.2. The lowest BCUT2D eigenvalue weighted by Crippen LogP contribution is -2.33. The predicted octanol–water partition coefficient (Wildman–Crippen LogP) is 4.40. The highest BCUT2D eigenvalue weighted by atomic mass is 32.2. The molecular formula is C16H19NO2S. The summed E-state index contributed by atoms with van der Waals surface area (Å²) >= 11 is 1.58. The fourth-order valence-corrected chi connectivity index (χ4v) is 2.66. The molecule has 0 aromatic heterocycles. The second-order valence-electron chi connectivity index (χ2n) is 4.36. The zero-order valence-corrected chi connectivity index (χ0v) is 12.9. The van der Waals surface area contributed by atoms with E-state index in [2.05, 4.69) is 6.07 Å². The molecule has 4 heteroatoms. The summed E-state index contributed by atoms with van der Waals surface area (Å²) < 4.78 is 5.66. The fraction of sp³-hybridized carbons (Fsp3) is 0.312. The van der Waals surface area contributed by atoms with Crippen LogP contribution in [0.4, 0.5) is 4.79 Å². The van der Waals surface area contributed by atoms with E-state index < -0.39 is 0 Å². The molecule has 0 radical (unpaired) electrons. The number of nitrogens with zero attached hydrogens (tertiary/aromatic N) is 1. The molecule has 0 bridgehead atoms.